The summed E-state index contributed by atoms with van der Waals surface area (Å²) in [5.41, 5.74) is 0. The number of hydrazone groups is 1. The van der Waals surface area contributed by atoms with E-state index in [2.05, 4.69) is 17.0 Å². The van der Waals surface area contributed by atoms with Crippen molar-refractivity contribution in [3.8, 4) is 0 Å². The summed E-state index contributed by atoms with van der Waals surface area (Å²) in [6.45, 7) is 4.60. The zero-order valence-electron chi connectivity index (χ0n) is 10.2. The molecule has 0 aromatic carbocycles. The molecule has 0 amide bonds. The van der Waals surface area contributed by atoms with Gasteiger partial charge in [-0.1, -0.05) is 51.9 Å². The molecule has 2 heteroatoms. The van der Waals surface area contributed by atoms with Gasteiger partial charge in [-0.05, 0) is 6.42 Å². The number of rotatable bonds is 9. The molecule has 1 rings (SSSR count). The fourth-order valence-electron chi connectivity index (χ4n) is 2.04. The van der Waals surface area contributed by atoms with E-state index in [1.54, 1.807) is 0 Å². The Hall–Kier alpha value is -0.530. The molecule has 0 atom stereocenters. The summed E-state index contributed by atoms with van der Waals surface area (Å²) in [4.78, 5) is 0. The van der Waals surface area contributed by atoms with Gasteiger partial charge in [0, 0.05) is 25.7 Å². The van der Waals surface area contributed by atoms with Crippen molar-refractivity contribution >= 4 is 6.21 Å². The average Bonchev–Trinajstić information content (AvgIpc) is 2.75. The molecule has 15 heavy (non-hydrogen) atoms. The highest BCUT2D eigenvalue weighted by Crippen LogP contribution is 2.09. The number of hydrogen-bond donors (Lipinski definition) is 0. The minimum absolute atomic E-state index is 1.15. The molecule has 1 aliphatic rings. The Labute approximate surface area is 94.7 Å². The summed E-state index contributed by atoms with van der Waals surface area (Å²) in [5.74, 6) is 0. The molecule has 0 unspecified atom stereocenters. The van der Waals surface area contributed by atoms with E-state index >= 15 is 0 Å². The summed E-state index contributed by atoms with van der Waals surface area (Å²) in [5, 5.41) is 6.51. The van der Waals surface area contributed by atoms with Crippen LogP contribution in [0, 0.1) is 0 Å². The van der Waals surface area contributed by atoms with Crippen molar-refractivity contribution in [2.24, 2.45) is 5.10 Å². The van der Waals surface area contributed by atoms with Gasteiger partial charge >= 0.3 is 0 Å². The second-order valence-electron chi connectivity index (χ2n) is 4.52. The lowest BCUT2D eigenvalue weighted by atomic mass is 10.1. The third kappa shape index (κ3) is 6.53. The van der Waals surface area contributed by atoms with Crippen molar-refractivity contribution in [2.45, 2.75) is 64.7 Å². The van der Waals surface area contributed by atoms with Gasteiger partial charge in [0.1, 0.15) is 0 Å². The topological polar surface area (TPSA) is 15.6 Å². The quantitative estimate of drug-likeness (QED) is 0.528. The largest absolute Gasteiger partial charge is 0.297 e. The first kappa shape index (κ1) is 12.5. The van der Waals surface area contributed by atoms with E-state index in [9.17, 15) is 0 Å². The number of hydrogen-bond acceptors (Lipinski definition) is 2. The van der Waals surface area contributed by atoms with E-state index < -0.39 is 0 Å². The minimum atomic E-state index is 1.15. The van der Waals surface area contributed by atoms with Crippen molar-refractivity contribution in [3.63, 3.8) is 0 Å². The highest BCUT2D eigenvalue weighted by atomic mass is 15.5. The maximum absolute atomic E-state index is 4.30. The first-order valence-corrected chi connectivity index (χ1v) is 6.71. The average molecular weight is 210 g/mol. The van der Waals surface area contributed by atoms with Gasteiger partial charge in [0.2, 0.25) is 0 Å². The third-order valence-electron chi connectivity index (χ3n) is 3.03. The minimum Gasteiger partial charge on any atom is -0.297 e. The van der Waals surface area contributed by atoms with E-state index in [0.717, 1.165) is 13.0 Å². The zero-order valence-corrected chi connectivity index (χ0v) is 10.2. The molecule has 0 fully saturated rings. The lowest BCUT2D eigenvalue weighted by Gasteiger charge is -2.12. The SMILES string of the molecule is CCCCCCCCCCN1CCC=N1. The summed E-state index contributed by atoms with van der Waals surface area (Å²) < 4.78 is 0. The van der Waals surface area contributed by atoms with Gasteiger partial charge in [0.05, 0.1) is 0 Å². The van der Waals surface area contributed by atoms with Crippen LogP contribution in [0.4, 0.5) is 0 Å². The molecule has 1 heterocycles. The predicted molar refractivity (Wildman–Crippen MR) is 67.3 cm³/mol. The van der Waals surface area contributed by atoms with Crippen LogP contribution in [0.3, 0.4) is 0 Å². The molecule has 88 valence electrons. The maximum Gasteiger partial charge on any atom is 0.0410 e. The second-order valence-corrected chi connectivity index (χ2v) is 4.52. The molecule has 0 saturated carbocycles. The van der Waals surface area contributed by atoms with E-state index in [0.29, 0.717) is 0 Å². The summed E-state index contributed by atoms with van der Waals surface area (Å²) in [7, 11) is 0. The van der Waals surface area contributed by atoms with Gasteiger partial charge < -0.3 is 0 Å². The molecule has 2 nitrogen and oxygen atoms in total. The van der Waals surface area contributed by atoms with Crippen LogP contribution in [0.5, 0.6) is 0 Å². The van der Waals surface area contributed by atoms with E-state index in [1.807, 2.05) is 6.21 Å². The molecule has 0 radical (unpaired) electrons. The van der Waals surface area contributed by atoms with Gasteiger partial charge in [-0.2, -0.15) is 5.10 Å². The van der Waals surface area contributed by atoms with Crippen LogP contribution in [0.1, 0.15) is 64.7 Å². The highest BCUT2D eigenvalue weighted by molar-refractivity contribution is 5.58. The van der Waals surface area contributed by atoms with E-state index in [1.165, 1.54) is 57.9 Å². The summed E-state index contributed by atoms with van der Waals surface area (Å²) in [6, 6.07) is 0. The van der Waals surface area contributed by atoms with E-state index in [-0.39, 0.29) is 0 Å². The van der Waals surface area contributed by atoms with Crippen LogP contribution in [0.15, 0.2) is 5.10 Å². The molecule has 0 aromatic rings. The van der Waals surface area contributed by atoms with Gasteiger partial charge in [0.25, 0.3) is 0 Å². The summed E-state index contributed by atoms with van der Waals surface area (Å²) >= 11 is 0. The van der Waals surface area contributed by atoms with Gasteiger partial charge in [-0.15, -0.1) is 0 Å². The van der Waals surface area contributed by atoms with E-state index in [4.69, 9.17) is 0 Å². The molecular weight excluding hydrogens is 184 g/mol. The predicted octanol–water partition coefficient (Wildman–Crippen LogP) is 3.82. The third-order valence-corrected chi connectivity index (χ3v) is 3.03. The van der Waals surface area contributed by atoms with Crippen LogP contribution < -0.4 is 0 Å². The Balaban J connectivity index is 1.75. The smallest absolute Gasteiger partial charge is 0.0410 e. The van der Waals surface area contributed by atoms with Crippen molar-refractivity contribution in [1.82, 2.24) is 5.01 Å². The Morgan fingerprint density at radius 3 is 2.27 bits per heavy atom. The van der Waals surface area contributed by atoms with Crippen molar-refractivity contribution in [1.29, 1.82) is 0 Å². The monoisotopic (exact) mass is 210 g/mol. The lowest BCUT2D eigenvalue weighted by Crippen LogP contribution is -2.15. The number of nitrogens with zero attached hydrogens (tertiary/aromatic N) is 2. The lowest BCUT2D eigenvalue weighted by molar-refractivity contribution is 0.308. The normalized spacial score (nSPS) is 15.1. The van der Waals surface area contributed by atoms with Crippen LogP contribution in [-0.4, -0.2) is 24.3 Å². The molecule has 0 saturated heterocycles. The van der Waals surface area contributed by atoms with Crippen LogP contribution >= 0.6 is 0 Å². The summed E-state index contributed by atoms with van der Waals surface area (Å²) in [6.07, 6.45) is 14.4. The Kier molecular flexibility index (Phi) is 7.32. The Morgan fingerprint density at radius 1 is 1.00 bits per heavy atom. The first-order valence-electron chi connectivity index (χ1n) is 6.71. The number of unbranched alkanes of at least 4 members (excludes halogenated alkanes) is 7. The van der Waals surface area contributed by atoms with Crippen molar-refractivity contribution in [2.75, 3.05) is 13.1 Å². The highest BCUT2D eigenvalue weighted by Gasteiger charge is 2.03. The fourth-order valence-corrected chi connectivity index (χ4v) is 2.04. The first-order chi connectivity index (χ1) is 7.43. The molecule has 1 aliphatic heterocycles. The molecule has 0 aromatic heterocycles. The maximum atomic E-state index is 4.30. The second kappa shape index (κ2) is 8.75. The molecule has 0 spiro atoms. The standard InChI is InChI=1S/C13H26N2/c1-2-3-4-5-6-7-8-9-12-15-13-10-11-14-15/h11H,2-10,12-13H2,1H3. The Bertz CT molecular complexity index is 166. The fraction of sp³-hybridized carbons (Fsp3) is 0.923. The van der Waals surface area contributed by atoms with Gasteiger partial charge in [-0.25, -0.2) is 0 Å². The Morgan fingerprint density at radius 2 is 1.67 bits per heavy atom. The van der Waals surface area contributed by atoms with Gasteiger partial charge in [-0.3, -0.25) is 5.01 Å². The van der Waals surface area contributed by atoms with Crippen LogP contribution in [0.2, 0.25) is 0 Å². The van der Waals surface area contributed by atoms with Crippen LogP contribution in [0.25, 0.3) is 0 Å². The molecule has 0 N–H and O–H groups in total. The van der Waals surface area contributed by atoms with Crippen molar-refractivity contribution < 1.29 is 0 Å². The molecular formula is C13H26N2. The van der Waals surface area contributed by atoms with Crippen molar-refractivity contribution in [3.05, 3.63) is 0 Å². The molecule has 0 bridgehead atoms. The van der Waals surface area contributed by atoms with Gasteiger partial charge in [0.15, 0.2) is 0 Å². The molecule has 0 aliphatic carbocycles. The zero-order chi connectivity index (χ0) is 10.8. The van der Waals surface area contributed by atoms with Crippen LogP contribution in [-0.2, 0) is 0 Å².